The number of benzene rings is 1. The van der Waals surface area contributed by atoms with Crippen LogP contribution in [0, 0.1) is 0 Å². The van der Waals surface area contributed by atoms with Gasteiger partial charge in [-0.1, -0.05) is 35.9 Å². The van der Waals surface area contributed by atoms with E-state index in [9.17, 15) is 0 Å². The summed E-state index contributed by atoms with van der Waals surface area (Å²) in [5, 5.41) is 12.9. The summed E-state index contributed by atoms with van der Waals surface area (Å²) < 4.78 is 0.827. The van der Waals surface area contributed by atoms with Crippen LogP contribution in [0.4, 0.5) is 5.82 Å². The number of aliphatic hydroxyl groups excluding tert-OH is 1. The largest absolute Gasteiger partial charge is 0.392 e. The topological polar surface area (TPSA) is 45.1 Å². The molecular weight excluding hydrogens is 316 g/mol. The van der Waals surface area contributed by atoms with E-state index in [-0.39, 0.29) is 6.61 Å². The second-order valence-corrected chi connectivity index (χ2v) is 5.11. The molecular formula is C13H12BrClN2O. The molecule has 1 heterocycles. The molecule has 2 aromatic rings. The van der Waals surface area contributed by atoms with Crippen LogP contribution in [-0.4, -0.2) is 10.1 Å². The van der Waals surface area contributed by atoms with Gasteiger partial charge in [-0.2, -0.15) is 0 Å². The molecule has 18 heavy (non-hydrogen) atoms. The highest BCUT2D eigenvalue weighted by molar-refractivity contribution is 9.10. The summed E-state index contributed by atoms with van der Waals surface area (Å²) in [6.45, 7) is 0.692. The zero-order chi connectivity index (χ0) is 13.0. The quantitative estimate of drug-likeness (QED) is 0.902. The van der Waals surface area contributed by atoms with Crippen LogP contribution < -0.4 is 5.32 Å². The molecule has 0 unspecified atom stereocenters. The van der Waals surface area contributed by atoms with Gasteiger partial charge in [0.2, 0.25) is 0 Å². The van der Waals surface area contributed by atoms with Crippen LogP contribution in [0.15, 0.2) is 41.0 Å². The summed E-state index contributed by atoms with van der Waals surface area (Å²) in [5.41, 5.74) is 1.99. The highest BCUT2D eigenvalue weighted by Crippen LogP contribution is 2.23. The molecule has 5 heteroatoms. The van der Waals surface area contributed by atoms with Gasteiger partial charge in [0, 0.05) is 12.7 Å². The summed E-state index contributed by atoms with van der Waals surface area (Å²) in [5.74, 6) is 0.744. The molecule has 0 bridgehead atoms. The van der Waals surface area contributed by atoms with E-state index in [0.29, 0.717) is 11.6 Å². The van der Waals surface area contributed by atoms with Crippen molar-refractivity contribution in [2.75, 3.05) is 5.32 Å². The van der Waals surface area contributed by atoms with Gasteiger partial charge in [0.15, 0.2) is 0 Å². The lowest BCUT2D eigenvalue weighted by atomic mass is 10.1. The number of aromatic nitrogens is 1. The number of nitrogens with zero attached hydrogens (tertiary/aromatic N) is 1. The van der Waals surface area contributed by atoms with E-state index in [4.69, 9.17) is 16.7 Å². The first-order valence-electron chi connectivity index (χ1n) is 5.42. The van der Waals surface area contributed by atoms with E-state index in [0.717, 1.165) is 21.4 Å². The van der Waals surface area contributed by atoms with Gasteiger partial charge < -0.3 is 10.4 Å². The zero-order valence-corrected chi connectivity index (χ0v) is 11.9. The fourth-order valence-corrected chi connectivity index (χ4v) is 2.35. The number of rotatable bonds is 4. The van der Waals surface area contributed by atoms with Gasteiger partial charge in [0.1, 0.15) is 5.82 Å². The van der Waals surface area contributed by atoms with Gasteiger partial charge in [0.25, 0.3) is 0 Å². The number of nitrogens with one attached hydrogen (secondary N) is 1. The Balaban J connectivity index is 2.06. The van der Waals surface area contributed by atoms with E-state index < -0.39 is 0 Å². The van der Waals surface area contributed by atoms with Crippen molar-refractivity contribution in [1.82, 2.24) is 4.98 Å². The van der Waals surface area contributed by atoms with Crippen LogP contribution in [0.3, 0.4) is 0 Å². The van der Waals surface area contributed by atoms with Crippen LogP contribution in [0.1, 0.15) is 11.1 Å². The molecule has 0 fully saturated rings. The third kappa shape index (κ3) is 3.45. The lowest BCUT2D eigenvalue weighted by Gasteiger charge is -2.08. The fourth-order valence-electron chi connectivity index (χ4n) is 1.57. The van der Waals surface area contributed by atoms with Gasteiger partial charge in [-0.05, 0) is 33.1 Å². The summed E-state index contributed by atoms with van der Waals surface area (Å²) >= 11 is 9.22. The molecule has 2 N–H and O–H groups in total. The zero-order valence-electron chi connectivity index (χ0n) is 9.53. The molecule has 0 aliphatic rings. The minimum atomic E-state index is 0.0523. The number of hydrogen-bond donors (Lipinski definition) is 2. The van der Waals surface area contributed by atoms with Crippen molar-refractivity contribution in [3.63, 3.8) is 0 Å². The number of hydrogen-bond acceptors (Lipinski definition) is 3. The Hall–Kier alpha value is -1.10. The van der Waals surface area contributed by atoms with Crippen LogP contribution in [-0.2, 0) is 13.2 Å². The van der Waals surface area contributed by atoms with Crippen molar-refractivity contribution in [1.29, 1.82) is 0 Å². The Bertz CT molecular complexity index is 548. The van der Waals surface area contributed by atoms with Crippen molar-refractivity contribution in [2.45, 2.75) is 13.2 Å². The van der Waals surface area contributed by atoms with Crippen LogP contribution >= 0.6 is 27.5 Å². The number of anilines is 1. The first-order chi connectivity index (χ1) is 8.69. The van der Waals surface area contributed by atoms with Crippen LogP contribution in [0.2, 0.25) is 5.02 Å². The maximum Gasteiger partial charge on any atom is 0.140 e. The smallest absolute Gasteiger partial charge is 0.140 e. The molecule has 3 nitrogen and oxygen atoms in total. The molecule has 1 aromatic heterocycles. The van der Waals surface area contributed by atoms with Crippen LogP contribution in [0.5, 0.6) is 0 Å². The van der Waals surface area contributed by atoms with E-state index in [1.54, 1.807) is 12.3 Å². The molecule has 0 radical (unpaired) electrons. The highest BCUT2D eigenvalue weighted by atomic mass is 79.9. The SMILES string of the molecule is OCc1cccc(CNc2ncc(Cl)cc2Br)c1. The summed E-state index contributed by atoms with van der Waals surface area (Å²) in [6.07, 6.45) is 1.60. The third-order valence-electron chi connectivity index (χ3n) is 2.44. The number of pyridine rings is 1. The second-order valence-electron chi connectivity index (χ2n) is 3.82. The van der Waals surface area contributed by atoms with Gasteiger partial charge in [-0.15, -0.1) is 0 Å². The summed E-state index contributed by atoms with van der Waals surface area (Å²) in [7, 11) is 0. The van der Waals surface area contributed by atoms with Crippen molar-refractivity contribution in [3.8, 4) is 0 Å². The highest BCUT2D eigenvalue weighted by Gasteiger charge is 2.02. The van der Waals surface area contributed by atoms with Crippen molar-refractivity contribution in [3.05, 3.63) is 57.2 Å². The molecule has 0 aliphatic heterocycles. The standard InChI is InChI=1S/C13H12BrClN2O/c14-12-5-11(15)7-17-13(12)16-6-9-2-1-3-10(4-9)8-18/h1-5,7,18H,6,8H2,(H,16,17). The molecule has 0 amide bonds. The minimum absolute atomic E-state index is 0.0523. The first-order valence-corrected chi connectivity index (χ1v) is 6.60. The van der Waals surface area contributed by atoms with E-state index in [1.165, 1.54) is 0 Å². The molecule has 0 saturated carbocycles. The Morgan fingerprint density at radius 2 is 2.06 bits per heavy atom. The summed E-state index contributed by atoms with van der Waals surface area (Å²) in [6, 6.07) is 9.56. The normalized spacial score (nSPS) is 10.4. The average Bonchev–Trinajstić information content (AvgIpc) is 2.38. The van der Waals surface area contributed by atoms with Crippen molar-refractivity contribution < 1.29 is 5.11 Å². The van der Waals surface area contributed by atoms with Gasteiger partial charge in [0.05, 0.1) is 16.1 Å². The van der Waals surface area contributed by atoms with E-state index in [2.05, 4.69) is 26.2 Å². The Kier molecular flexibility index (Phi) is 4.58. The molecule has 1 aromatic carbocycles. The lowest BCUT2D eigenvalue weighted by Crippen LogP contribution is -2.02. The fraction of sp³-hybridized carbons (Fsp3) is 0.154. The lowest BCUT2D eigenvalue weighted by molar-refractivity contribution is 0.281. The molecule has 0 atom stereocenters. The number of aliphatic hydroxyl groups is 1. The molecule has 94 valence electrons. The average molecular weight is 328 g/mol. The maximum atomic E-state index is 9.07. The molecule has 0 aliphatic carbocycles. The maximum absolute atomic E-state index is 9.07. The minimum Gasteiger partial charge on any atom is -0.392 e. The number of halogens is 2. The third-order valence-corrected chi connectivity index (χ3v) is 3.25. The van der Waals surface area contributed by atoms with Gasteiger partial charge in [-0.25, -0.2) is 4.98 Å². The first kappa shape index (κ1) is 13.3. The Labute approximate surface area is 119 Å². The summed E-state index contributed by atoms with van der Waals surface area (Å²) in [4.78, 5) is 4.20. The Morgan fingerprint density at radius 3 is 2.78 bits per heavy atom. The molecule has 0 saturated heterocycles. The van der Waals surface area contributed by atoms with E-state index >= 15 is 0 Å². The van der Waals surface area contributed by atoms with E-state index in [1.807, 2.05) is 24.3 Å². The molecule has 2 rings (SSSR count). The van der Waals surface area contributed by atoms with Crippen molar-refractivity contribution >= 4 is 33.3 Å². The predicted octanol–water partition coefficient (Wildman–Crippen LogP) is 3.60. The monoisotopic (exact) mass is 326 g/mol. The van der Waals surface area contributed by atoms with Gasteiger partial charge in [-0.3, -0.25) is 0 Å². The van der Waals surface area contributed by atoms with Crippen LogP contribution in [0.25, 0.3) is 0 Å². The molecule has 0 spiro atoms. The van der Waals surface area contributed by atoms with Crippen molar-refractivity contribution in [2.24, 2.45) is 0 Å². The predicted molar refractivity (Wildman–Crippen MR) is 76.6 cm³/mol. The Morgan fingerprint density at radius 1 is 1.28 bits per heavy atom. The van der Waals surface area contributed by atoms with Gasteiger partial charge >= 0.3 is 0 Å². The second kappa shape index (κ2) is 6.18.